The molecule has 1 unspecified atom stereocenters. The number of amides is 1. The second-order valence-corrected chi connectivity index (χ2v) is 9.17. The van der Waals surface area contributed by atoms with Crippen LogP contribution in [0.2, 0.25) is 0 Å². The van der Waals surface area contributed by atoms with Crippen molar-refractivity contribution >= 4 is 17.2 Å². The van der Waals surface area contributed by atoms with Crippen molar-refractivity contribution in [2.75, 3.05) is 42.1 Å². The molecule has 186 valence electrons. The molecule has 3 aromatic rings. The van der Waals surface area contributed by atoms with E-state index in [1.54, 1.807) is 46.9 Å². The third kappa shape index (κ3) is 4.89. The van der Waals surface area contributed by atoms with Crippen molar-refractivity contribution in [2.45, 2.75) is 25.3 Å². The fourth-order valence-electron chi connectivity index (χ4n) is 4.64. The predicted molar refractivity (Wildman–Crippen MR) is 136 cm³/mol. The summed E-state index contributed by atoms with van der Waals surface area (Å²) >= 11 is 1.65. The van der Waals surface area contributed by atoms with Gasteiger partial charge in [0, 0.05) is 17.8 Å². The van der Waals surface area contributed by atoms with E-state index in [-0.39, 0.29) is 11.9 Å². The van der Waals surface area contributed by atoms with E-state index in [2.05, 4.69) is 6.07 Å². The van der Waals surface area contributed by atoms with E-state index in [4.69, 9.17) is 23.7 Å². The van der Waals surface area contributed by atoms with Crippen LogP contribution < -0.4 is 23.7 Å². The fourth-order valence-corrected chi connectivity index (χ4v) is 5.50. The molecule has 1 amide bonds. The molecule has 1 aliphatic rings. The molecule has 0 N–H and O–H groups in total. The fraction of sp³-hybridized carbons (Fsp3) is 0.370. The molecule has 0 spiro atoms. The van der Waals surface area contributed by atoms with E-state index < -0.39 is 0 Å². The molecule has 0 bridgehead atoms. The van der Waals surface area contributed by atoms with E-state index in [0.717, 1.165) is 22.4 Å². The molecule has 1 atom stereocenters. The van der Waals surface area contributed by atoms with E-state index in [9.17, 15) is 4.79 Å². The number of rotatable bonds is 9. The number of methoxy groups -OCH3 is 5. The zero-order valence-corrected chi connectivity index (χ0v) is 21.6. The number of aryl methyl sites for hydroxylation is 1. The van der Waals surface area contributed by atoms with Crippen molar-refractivity contribution in [3.05, 3.63) is 63.3 Å². The molecule has 0 fully saturated rings. The molecule has 0 radical (unpaired) electrons. The topological polar surface area (TPSA) is 66.5 Å². The number of carbonyl (C=O) groups is 1. The highest BCUT2D eigenvalue weighted by atomic mass is 32.1. The number of fused-ring (bicyclic) bond motifs is 1. The Morgan fingerprint density at radius 3 is 2.14 bits per heavy atom. The van der Waals surface area contributed by atoms with Crippen LogP contribution in [0.15, 0.2) is 41.8 Å². The average Bonchev–Trinajstić information content (AvgIpc) is 3.43. The number of hydrogen-bond donors (Lipinski definition) is 0. The lowest BCUT2D eigenvalue weighted by Gasteiger charge is -2.37. The Kier molecular flexibility index (Phi) is 7.70. The van der Waals surface area contributed by atoms with Crippen molar-refractivity contribution in [1.82, 2.24) is 4.90 Å². The monoisotopic (exact) mass is 497 g/mol. The van der Waals surface area contributed by atoms with Crippen LogP contribution in [0.4, 0.5) is 0 Å². The average molecular weight is 498 g/mol. The van der Waals surface area contributed by atoms with Gasteiger partial charge in [-0.25, -0.2) is 0 Å². The number of carbonyl (C=O) groups excluding carboxylic acids is 1. The first-order valence-corrected chi connectivity index (χ1v) is 12.3. The standard InChI is InChI=1S/C27H31NO6S/c1-30-20-15-18-10-11-28(26(24-7-6-12-35-24)19(18)16-21(20)31-2)25(29)9-8-17-13-22(32-3)27(34-5)23(14-17)33-4/h6-7,12-16,26H,8-11H2,1-5H3. The highest BCUT2D eigenvalue weighted by molar-refractivity contribution is 7.10. The van der Waals surface area contributed by atoms with Crippen LogP contribution in [0.3, 0.4) is 0 Å². The van der Waals surface area contributed by atoms with Gasteiger partial charge in [-0.3, -0.25) is 4.79 Å². The third-order valence-electron chi connectivity index (χ3n) is 6.36. The molecule has 7 nitrogen and oxygen atoms in total. The molecule has 0 aliphatic carbocycles. The first kappa shape index (κ1) is 24.7. The SMILES string of the molecule is COc1cc2c(cc1OC)C(c1cccs1)N(C(=O)CCc1cc(OC)c(OC)c(OC)c1)CC2. The van der Waals surface area contributed by atoms with Crippen molar-refractivity contribution in [1.29, 1.82) is 0 Å². The molecule has 4 rings (SSSR count). The lowest BCUT2D eigenvalue weighted by molar-refractivity contribution is -0.133. The first-order valence-electron chi connectivity index (χ1n) is 11.4. The largest absolute Gasteiger partial charge is 0.493 e. The quantitative estimate of drug-likeness (QED) is 0.419. The van der Waals surface area contributed by atoms with Crippen LogP contribution >= 0.6 is 11.3 Å². The van der Waals surface area contributed by atoms with Gasteiger partial charge in [-0.15, -0.1) is 11.3 Å². The van der Waals surface area contributed by atoms with Gasteiger partial charge < -0.3 is 28.6 Å². The van der Waals surface area contributed by atoms with Crippen LogP contribution in [-0.4, -0.2) is 52.9 Å². The van der Waals surface area contributed by atoms with Gasteiger partial charge >= 0.3 is 0 Å². The molecule has 0 saturated heterocycles. The van der Waals surface area contributed by atoms with Crippen molar-refractivity contribution in [2.24, 2.45) is 0 Å². The van der Waals surface area contributed by atoms with E-state index in [1.165, 1.54) is 5.56 Å². The van der Waals surface area contributed by atoms with Crippen molar-refractivity contribution in [3.63, 3.8) is 0 Å². The van der Waals surface area contributed by atoms with Gasteiger partial charge in [-0.2, -0.15) is 0 Å². The van der Waals surface area contributed by atoms with Gasteiger partial charge in [0.05, 0.1) is 41.6 Å². The lowest BCUT2D eigenvalue weighted by Crippen LogP contribution is -2.40. The van der Waals surface area contributed by atoms with Crippen LogP contribution in [0.25, 0.3) is 0 Å². The summed E-state index contributed by atoms with van der Waals surface area (Å²) in [5.41, 5.74) is 3.21. The van der Waals surface area contributed by atoms with Crippen LogP contribution in [0, 0.1) is 0 Å². The summed E-state index contributed by atoms with van der Waals surface area (Å²) < 4.78 is 27.4. The molecule has 2 aromatic carbocycles. The Balaban J connectivity index is 1.62. The molecule has 35 heavy (non-hydrogen) atoms. The Hall–Kier alpha value is -3.39. The maximum absolute atomic E-state index is 13.6. The lowest BCUT2D eigenvalue weighted by atomic mass is 9.90. The number of thiophene rings is 1. The molecular formula is C27H31NO6S. The molecule has 1 aromatic heterocycles. The summed E-state index contributed by atoms with van der Waals surface area (Å²) in [5, 5.41) is 2.04. The molecule has 1 aliphatic heterocycles. The van der Waals surface area contributed by atoms with E-state index in [1.807, 2.05) is 40.6 Å². The van der Waals surface area contributed by atoms with Gasteiger partial charge in [0.15, 0.2) is 23.0 Å². The Morgan fingerprint density at radius 2 is 1.57 bits per heavy atom. The summed E-state index contributed by atoms with van der Waals surface area (Å²) in [7, 11) is 8.03. The highest BCUT2D eigenvalue weighted by Gasteiger charge is 2.33. The summed E-state index contributed by atoms with van der Waals surface area (Å²) in [6, 6.07) is 11.8. The predicted octanol–water partition coefficient (Wildman–Crippen LogP) is 4.90. The maximum atomic E-state index is 13.6. The van der Waals surface area contributed by atoms with Crippen LogP contribution in [0.5, 0.6) is 28.7 Å². The Labute approximate surface area is 210 Å². The van der Waals surface area contributed by atoms with Crippen LogP contribution in [-0.2, 0) is 17.6 Å². The zero-order valence-electron chi connectivity index (χ0n) is 20.8. The number of hydrogen-bond acceptors (Lipinski definition) is 7. The van der Waals surface area contributed by atoms with Crippen LogP contribution in [0.1, 0.15) is 34.0 Å². The molecule has 0 saturated carbocycles. The molecule has 2 heterocycles. The summed E-state index contributed by atoms with van der Waals surface area (Å²) in [6.45, 7) is 0.638. The maximum Gasteiger partial charge on any atom is 0.223 e. The second-order valence-electron chi connectivity index (χ2n) is 8.19. The van der Waals surface area contributed by atoms with Gasteiger partial charge in [-0.05, 0) is 65.2 Å². The minimum atomic E-state index is -0.161. The normalized spacial score (nSPS) is 14.8. The number of ether oxygens (including phenoxy) is 5. The summed E-state index contributed by atoms with van der Waals surface area (Å²) in [6.07, 6.45) is 1.68. The van der Waals surface area contributed by atoms with E-state index in [0.29, 0.717) is 48.1 Å². The first-order chi connectivity index (χ1) is 17.0. The highest BCUT2D eigenvalue weighted by Crippen LogP contribution is 2.43. The number of nitrogens with zero attached hydrogens (tertiary/aromatic N) is 1. The third-order valence-corrected chi connectivity index (χ3v) is 7.28. The van der Waals surface area contributed by atoms with Gasteiger partial charge in [0.2, 0.25) is 11.7 Å². The minimum Gasteiger partial charge on any atom is -0.493 e. The van der Waals surface area contributed by atoms with Gasteiger partial charge in [0.25, 0.3) is 0 Å². The van der Waals surface area contributed by atoms with Crippen molar-refractivity contribution in [3.8, 4) is 28.7 Å². The van der Waals surface area contributed by atoms with Gasteiger partial charge in [-0.1, -0.05) is 6.07 Å². The number of benzene rings is 2. The van der Waals surface area contributed by atoms with Gasteiger partial charge in [0.1, 0.15) is 0 Å². The summed E-state index contributed by atoms with van der Waals surface area (Å²) in [4.78, 5) is 16.7. The smallest absolute Gasteiger partial charge is 0.223 e. The Morgan fingerprint density at radius 1 is 0.914 bits per heavy atom. The second kappa shape index (κ2) is 10.9. The zero-order chi connectivity index (χ0) is 24.9. The molecule has 8 heteroatoms. The minimum absolute atomic E-state index is 0.0950. The van der Waals surface area contributed by atoms with E-state index >= 15 is 0 Å². The Bertz CT molecular complexity index is 1150. The van der Waals surface area contributed by atoms with Crippen molar-refractivity contribution < 1.29 is 28.5 Å². The molecular weight excluding hydrogens is 466 g/mol. The summed E-state index contributed by atoms with van der Waals surface area (Å²) in [5.74, 6) is 3.17.